The van der Waals surface area contributed by atoms with Crippen LogP contribution in [0.15, 0.2) is 73.1 Å². The summed E-state index contributed by atoms with van der Waals surface area (Å²) < 4.78 is 3.26. The van der Waals surface area contributed by atoms with Crippen LogP contribution in [-0.4, -0.2) is 27.0 Å². The van der Waals surface area contributed by atoms with E-state index in [1.807, 2.05) is 18.2 Å². The number of carbonyl (C=O) groups excluding carboxylic acids is 1. The van der Waals surface area contributed by atoms with E-state index >= 15 is 0 Å². The minimum absolute atomic E-state index is 0.103. The maximum absolute atomic E-state index is 12.7. The quantitative estimate of drug-likeness (QED) is 0.334. The Kier molecular flexibility index (Phi) is 5.79. The van der Waals surface area contributed by atoms with E-state index in [-0.39, 0.29) is 5.91 Å². The molecule has 0 spiro atoms. The second-order valence-corrected chi connectivity index (χ2v) is 9.10. The molecule has 0 atom stereocenters. The van der Waals surface area contributed by atoms with Crippen LogP contribution >= 0.6 is 11.3 Å². The van der Waals surface area contributed by atoms with Crippen LogP contribution in [0.25, 0.3) is 21.1 Å². The van der Waals surface area contributed by atoms with Crippen molar-refractivity contribution in [3.05, 3.63) is 83.8 Å². The molecule has 0 fully saturated rings. The first-order chi connectivity index (χ1) is 16.1. The molecule has 0 aliphatic carbocycles. The maximum atomic E-state index is 12.7. The summed E-state index contributed by atoms with van der Waals surface area (Å²) >= 11 is 1.51. The van der Waals surface area contributed by atoms with Crippen molar-refractivity contribution < 1.29 is 4.79 Å². The van der Waals surface area contributed by atoms with Crippen LogP contribution in [0.4, 0.5) is 11.4 Å². The Morgan fingerprint density at radius 1 is 1.09 bits per heavy atom. The summed E-state index contributed by atoms with van der Waals surface area (Å²) in [6.07, 6.45) is 4.37. The lowest BCUT2D eigenvalue weighted by Gasteiger charge is -2.24. The minimum Gasteiger partial charge on any atom is -0.364 e. The molecule has 1 amide bonds. The van der Waals surface area contributed by atoms with E-state index in [0.29, 0.717) is 4.88 Å². The fourth-order valence-corrected chi connectivity index (χ4v) is 4.98. The van der Waals surface area contributed by atoms with Gasteiger partial charge in [-0.2, -0.15) is 0 Å². The maximum Gasteiger partial charge on any atom is 0.265 e. The molecule has 3 aromatic heterocycles. The predicted molar refractivity (Wildman–Crippen MR) is 136 cm³/mol. The number of hydrogen-bond acceptors (Lipinski definition) is 5. The zero-order chi connectivity index (χ0) is 22.8. The van der Waals surface area contributed by atoms with Gasteiger partial charge in [-0.3, -0.25) is 9.78 Å². The number of nitrogens with one attached hydrogen (secondary N) is 1. The average molecular weight is 456 g/mol. The van der Waals surface area contributed by atoms with Crippen molar-refractivity contribution in [2.24, 2.45) is 7.05 Å². The van der Waals surface area contributed by atoms with Gasteiger partial charge in [-0.05, 0) is 60.3 Å². The zero-order valence-electron chi connectivity index (χ0n) is 18.7. The normalized spacial score (nSPS) is 11.2. The summed E-state index contributed by atoms with van der Waals surface area (Å²) in [7, 11) is 2.07. The van der Waals surface area contributed by atoms with Gasteiger partial charge in [0, 0.05) is 42.1 Å². The summed E-state index contributed by atoms with van der Waals surface area (Å²) in [5.41, 5.74) is 4.03. The molecule has 0 aliphatic rings. The van der Waals surface area contributed by atoms with Gasteiger partial charge >= 0.3 is 0 Å². The number of benzene rings is 2. The number of thiophene rings is 1. The number of nitrogens with zero attached hydrogens (tertiary/aromatic N) is 4. The molecule has 0 bridgehead atoms. The van der Waals surface area contributed by atoms with Crippen LogP contribution in [0.3, 0.4) is 0 Å². The largest absolute Gasteiger partial charge is 0.364 e. The number of para-hydroxylation sites is 2. The van der Waals surface area contributed by atoms with E-state index in [4.69, 9.17) is 4.98 Å². The summed E-state index contributed by atoms with van der Waals surface area (Å²) in [6.45, 7) is 3.84. The highest BCUT2D eigenvalue weighted by molar-refractivity contribution is 7.20. The van der Waals surface area contributed by atoms with Crippen molar-refractivity contribution in [2.45, 2.75) is 19.9 Å². The van der Waals surface area contributed by atoms with Gasteiger partial charge in [-0.25, -0.2) is 4.98 Å². The molecule has 0 saturated carbocycles. The van der Waals surface area contributed by atoms with Crippen molar-refractivity contribution >= 4 is 49.7 Å². The number of aryl methyl sites for hydroxylation is 1. The number of aromatic nitrogens is 3. The average Bonchev–Trinajstić information content (AvgIpc) is 3.40. The third-order valence-electron chi connectivity index (χ3n) is 5.73. The van der Waals surface area contributed by atoms with Crippen LogP contribution in [0, 0.1) is 0 Å². The molecule has 5 aromatic rings. The number of rotatable bonds is 7. The lowest BCUT2D eigenvalue weighted by Crippen LogP contribution is -2.25. The fourth-order valence-electron chi connectivity index (χ4n) is 4.04. The van der Waals surface area contributed by atoms with Crippen LogP contribution in [-0.2, 0) is 13.6 Å². The minimum atomic E-state index is -0.103. The second-order valence-electron chi connectivity index (χ2n) is 8.02. The molecule has 33 heavy (non-hydrogen) atoms. The Morgan fingerprint density at radius 2 is 1.91 bits per heavy atom. The zero-order valence-corrected chi connectivity index (χ0v) is 19.5. The van der Waals surface area contributed by atoms with Gasteiger partial charge in [0.1, 0.15) is 5.82 Å². The van der Waals surface area contributed by atoms with Gasteiger partial charge in [0.05, 0.1) is 22.5 Å². The van der Waals surface area contributed by atoms with Crippen molar-refractivity contribution in [1.29, 1.82) is 0 Å². The summed E-state index contributed by atoms with van der Waals surface area (Å²) in [6, 6.07) is 20.2. The van der Waals surface area contributed by atoms with Gasteiger partial charge in [0.2, 0.25) is 0 Å². The molecule has 7 heteroatoms. The van der Waals surface area contributed by atoms with Gasteiger partial charge < -0.3 is 14.8 Å². The topological polar surface area (TPSA) is 63.1 Å². The van der Waals surface area contributed by atoms with Crippen LogP contribution < -0.4 is 10.2 Å². The number of pyridine rings is 1. The molecular formula is C26H25N5OS. The summed E-state index contributed by atoms with van der Waals surface area (Å²) in [4.78, 5) is 24.6. The number of hydrogen-bond donors (Lipinski definition) is 1. The van der Waals surface area contributed by atoms with Crippen LogP contribution in [0.2, 0.25) is 0 Å². The SMILES string of the molecule is CCCN(Cc1nc2ccccc2n1C)c1ccc2sc(C(=O)Nc3ccncc3)cc2c1. The first-order valence-electron chi connectivity index (χ1n) is 11.0. The molecule has 166 valence electrons. The molecule has 0 radical (unpaired) electrons. The van der Waals surface area contributed by atoms with E-state index in [0.717, 1.165) is 57.8 Å². The van der Waals surface area contributed by atoms with E-state index in [1.54, 1.807) is 24.5 Å². The third-order valence-corrected chi connectivity index (χ3v) is 6.85. The van der Waals surface area contributed by atoms with Gasteiger partial charge in [-0.1, -0.05) is 19.1 Å². The number of imidazole rings is 1. The van der Waals surface area contributed by atoms with Gasteiger partial charge in [-0.15, -0.1) is 11.3 Å². The first-order valence-corrected chi connectivity index (χ1v) is 11.8. The van der Waals surface area contributed by atoms with E-state index in [1.165, 1.54) is 11.3 Å². The fraction of sp³-hybridized carbons (Fsp3) is 0.192. The van der Waals surface area contributed by atoms with Crippen molar-refractivity contribution in [2.75, 3.05) is 16.8 Å². The number of carbonyl (C=O) groups is 1. The monoisotopic (exact) mass is 455 g/mol. The Bertz CT molecular complexity index is 1420. The van der Waals surface area contributed by atoms with Crippen LogP contribution in [0.5, 0.6) is 0 Å². The Morgan fingerprint density at radius 3 is 2.70 bits per heavy atom. The molecule has 0 aliphatic heterocycles. The second kappa shape index (κ2) is 9.03. The molecule has 1 N–H and O–H groups in total. The Balaban J connectivity index is 1.42. The first kappa shape index (κ1) is 21.2. The van der Waals surface area contributed by atoms with Gasteiger partial charge in [0.25, 0.3) is 5.91 Å². The van der Waals surface area contributed by atoms with E-state index in [2.05, 4.69) is 64.1 Å². The highest BCUT2D eigenvalue weighted by atomic mass is 32.1. The Labute approximate surface area is 196 Å². The Hall–Kier alpha value is -3.71. The standard InChI is InChI=1S/C26H25N5OS/c1-3-14-31(17-25-29-21-6-4-5-7-22(21)30(25)2)20-8-9-23-18(15-20)16-24(33-23)26(32)28-19-10-12-27-13-11-19/h4-13,15-16H,3,14,17H2,1-2H3,(H,27,28,32). The van der Waals surface area contributed by atoms with E-state index < -0.39 is 0 Å². The highest BCUT2D eigenvalue weighted by Crippen LogP contribution is 2.31. The van der Waals surface area contributed by atoms with E-state index in [9.17, 15) is 4.79 Å². The number of fused-ring (bicyclic) bond motifs is 2. The summed E-state index contributed by atoms with van der Waals surface area (Å²) in [5.74, 6) is 0.932. The number of anilines is 2. The van der Waals surface area contributed by atoms with Crippen molar-refractivity contribution in [3.63, 3.8) is 0 Å². The lowest BCUT2D eigenvalue weighted by molar-refractivity contribution is 0.103. The molecular weight excluding hydrogens is 430 g/mol. The highest BCUT2D eigenvalue weighted by Gasteiger charge is 2.15. The van der Waals surface area contributed by atoms with Crippen LogP contribution in [0.1, 0.15) is 28.8 Å². The summed E-state index contributed by atoms with van der Waals surface area (Å²) in [5, 5.41) is 4.01. The van der Waals surface area contributed by atoms with Gasteiger partial charge in [0.15, 0.2) is 0 Å². The molecule has 0 saturated heterocycles. The molecule has 5 rings (SSSR count). The predicted octanol–water partition coefficient (Wildman–Crippen LogP) is 5.85. The smallest absolute Gasteiger partial charge is 0.265 e. The molecule has 3 heterocycles. The third kappa shape index (κ3) is 4.32. The van der Waals surface area contributed by atoms with Crippen molar-refractivity contribution in [1.82, 2.24) is 14.5 Å². The van der Waals surface area contributed by atoms with Crippen molar-refractivity contribution in [3.8, 4) is 0 Å². The molecule has 2 aromatic carbocycles. The molecule has 0 unspecified atom stereocenters. The lowest BCUT2D eigenvalue weighted by atomic mass is 10.2. The molecule has 6 nitrogen and oxygen atoms in total. The number of amides is 1.